The van der Waals surface area contributed by atoms with E-state index in [1.54, 1.807) is 24.8 Å². The number of amides is 1. The van der Waals surface area contributed by atoms with Crippen molar-refractivity contribution in [3.05, 3.63) is 53.3 Å². The number of nitrogens with zero attached hydrogens (tertiary/aromatic N) is 1. The SMILES string of the molecule is CC(C)(O)[C@H](C1CC1)N1Cc2ccc(F)c(-c3ccccc3OCC(F)(F)F)c2C1=O. The molecule has 4 rings (SSSR count). The maximum Gasteiger partial charge on any atom is 0.422 e. The van der Waals surface area contributed by atoms with Crippen molar-refractivity contribution in [1.29, 1.82) is 0 Å². The van der Waals surface area contributed by atoms with Gasteiger partial charge in [-0.1, -0.05) is 24.3 Å². The van der Waals surface area contributed by atoms with E-state index in [4.69, 9.17) is 4.74 Å². The Morgan fingerprint density at radius 1 is 1.13 bits per heavy atom. The lowest BCUT2D eigenvalue weighted by Gasteiger charge is -2.37. The third-order valence-corrected chi connectivity index (χ3v) is 5.73. The summed E-state index contributed by atoms with van der Waals surface area (Å²) in [6.07, 6.45) is -2.77. The normalized spacial score (nSPS) is 17.6. The summed E-state index contributed by atoms with van der Waals surface area (Å²) in [7, 11) is 0. The molecule has 1 atom stereocenters. The van der Waals surface area contributed by atoms with E-state index in [1.807, 2.05) is 0 Å². The molecule has 1 N–H and O–H groups in total. The van der Waals surface area contributed by atoms with Gasteiger partial charge in [0.25, 0.3) is 5.91 Å². The van der Waals surface area contributed by atoms with Gasteiger partial charge in [0.05, 0.1) is 17.2 Å². The van der Waals surface area contributed by atoms with Crippen molar-refractivity contribution in [2.24, 2.45) is 5.92 Å². The summed E-state index contributed by atoms with van der Waals surface area (Å²) in [6.45, 7) is 1.98. The van der Waals surface area contributed by atoms with Gasteiger partial charge in [0.2, 0.25) is 0 Å². The highest BCUT2D eigenvalue weighted by atomic mass is 19.4. The number of halogens is 4. The number of rotatable bonds is 6. The number of fused-ring (bicyclic) bond motifs is 1. The highest BCUT2D eigenvalue weighted by molar-refractivity contribution is 6.05. The number of hydrogen-bond acceptors (Lipinski definition) is 3. The molecule has 2 aromatic rings. The van der Waals surface area contributed by atoms with Crippen molar-refractivity contribution in [1.82, 2.24) is 4.90 Å². The van der Waals surface area contributed by atoms with Crippen LogP contribution in [0, 0.1) is 11.7 Å². The smallest absolute Gasteiger partial charge is 0.422 e. The van der Waals surface area contributed by atoms with E-state index >= 15 is 0 Å². The molecule has 31 heavy (non-hydrogen) atoms. The number of para-hydroxylation sites is 1. The van der Waals surface area contributed by atoms with Crippen LogP contribution in [0.4, 0.5) is 17.6 Å². The Hall–Kier alpha value is -2.61. The van der Waals surface area contributed by atoms with Crippen LogP contribution in [-0.4, -0.2) is 40.3 Å². The van der Waals surface area contributed by atoms with Crippen molar-refractivity contribution in [3.63, 3.8) is 0 Å². The van der Waals surface area contributed by atoms with Crippen LogP contribution in [-0.2, 0) is 6.54 Å². The standard InChI is InChI=1S/C23H23F4NO3/c1-22(2,30)20(13-7-8-13)28-11-14-9-10-16(24)19(18(14)21(28)29)15-5-3-4-6-17(15)31-12-23(25,26)27/h3-6,9-10,13,20,30H,7-8,11-12H2,1-2H3/t20-/m0/s1. The molecule has 2 aliphatic rings. The molecule has 1 aliphatic carbocycles. The van der Waals surface area contributed by atoms with E-state index in [0.29, 0.717) is 5.56 Å². The largest absolute Gasteiger partial charge is 0.483 e. The topological polar surface area (TPSA) is 49.8 Å². The van der Waals surface area contributed by atoms with E-state index in [-0.39, 0.29) is 34.9 Å². The van der Waals surface area contributed by atoms with Crippen LogP contribution in [0.3, 0.4) is 0 Å². The molecule has 0 bridgehead atoms. The Bertz CT molecular complexity index is 1010. The van der Waals surface area contributed by atoms with Gasteiger partial charge in [-0.3, -0.25) is 4.79 Å². The third kappa shape index (κ3) is 4.26. The number of carbonyl (C=O) groups is 1. The maximum absolute atomic E-state index is 15.0. The van der Waals surface area contributed by atoms with Crippen LogP contribution in [0.2, 0.25) is 0 Å². The molecule has 1 saturated carbocycles. The van der Waals surface area contributed by atoms with Gasteiger partial charge in [-0.25, -0.2) is 4.39 Å². The monoisotopic (exact) mass is 437 g/mol. The van der Waals surface area contributed by atoms with Gasteiger partial charge < -0.3 is 14.7 Å². The number of alkyl halides is 3. The summed E-state index contributed by atoms with van der Waals surface area (Å²) in [5.74, 6) is -1.15. The van der Waals surface area contributed by atoms with Gasteiger partial charge in [0, 0.05) is 17.7 Å². The van der Waals surface area contributed by atoms with Crippen LogP contribution in [0.25, 0.3) is 11.1 Å². The number of ether oxygens (including phenoxy) is 1. The van der Waals surface area contributed by atoms with Crippen LogP contribution in [0.15, 0.2) is 36.4 Å². The molecule has 8 heteroatoms. The van der Waals surface area contributed by atoms with E-state index in [9.17, 15) is 27.5 Å². The highest BCUT2D eigenvalue weighted by Gasteiger charge is 2.48. The molecular formula is C23H23F4NO3. The van der Waals surface area contributed by atoms with E-state index in [0.717, 1.165) is 12.8 Å². The van der Waals surface area contributed by atoms with Gasteiger partial charge in [-0.05, 0) is 50.3 Å². The molecule has 0 saturated heterocycles. The summed E-state index contributed by atoms with van der Waals surface area (Å²) in [5, 5.41) is 10.7. The highest BCUT2D eigenvalue weighted by Crippen LogP contribution is 2.45. The lowest BCUT2D eigenvalue weighted by atomic mass is 9.92. The molecular weight excluding hydrogens is 414 g/mol. The van der Waals surface area contributed by atoms with Crippen LogP contribution in [0.1, 0.15) is 42.6 Å². The Morgan fingerprint density at radius 2 is 1.81 bits per heavy atom. The Labute approximate surface area is 177 Å². The first-order chi connectivity index (χ1) is 14.5. The second-order valence-electron chi connectivity index (χ2n) is 8.73. The molecule has 0 spiro atoms. The van der Waals surface area contributed by atoms with Crippen molar-refractivity contribution >= 4 is 5.91 Å². The number of aliphatic hydroxyl groups is 1. The van der Waals surface area contributed by atoms with Crippen molar-refractivity contribution in [2.45, 2.75) is 51.1 Å². The lowest BCUT2D eigenvalue weighted by Crippen LogP contribution is -2.51. The van der Waals surface area contributed by atoms with E-state index in [2.05, 4.69) is 0 Å². The maximum atomic E-state index is 15.0. The molecule has 2 aromatic carbocycles. The average molecular weight is 437 g/mol. The molecule has 0 unspecified atom stereocenters. The predicted molar refractivity (Wildman–Crippen MR) is 106 cm³/mol. The average Bonchev–Trinajstić information content (AvgIpc) is 3.44. The molecule has 166 valence electrons. The van der Waals surface area contributed by atoms with E-state index in [1.165, 1.54) is 30.3 Å². The Kier molecular flexibility index (Phi) is 5.24. The minimum atomic E-state index is -4.55. The number of carbonyl (C=O) groups excluding carboxylic acids is 1. The number of benzene rings is 2. The van der Waals surface area contributed by atoms with E-state index < -0.39 is 36.2 Å². The first-order valence-corrected chi connectivity index (χ1v) is 10.1. The predicted octanol–water partition coefficient (Wildman–Crippen LogP) is 4.94. The fourth-order valence-electron chi connectivity index (χ4n) is 4.47. The van der Waals surface area contributed by atoms with Gasteiger partial charge in [0.15, 0.2) is 6.61 Å². The zero-order chi connectivity index (χ0) is 22.6. The molecule has 1 fully saturated rings. The van der Waals surface area contributed by atoms with Crippen molar-refractivity contribution in [2.75, 3.05) is 6.61 Å². The third-order valence-electron chi connectivity index (χ3n) is 5.73. The van der Waals surface area contributed by atoms with Gasteiger partial charge in [-0.2, -0.15) is 13.2 Å². The summed E-state index contributed by atoms with van der Waals surface area (Å²) < 4.78 is 58.0. The van der Waals surface area contributed by atoms with Crippen LogP contribution >= 0.6 is 0 Å². The molecule has 1 aliphatic heterocycles. The minimum Gasteiger partial charge on any atom is -0.483 e. The summed E-state index contributed by atoms with van der Waals surface area (Å²) in [5.41, 5.74) is -0.457. The Balaban J connectivity index is 1.77. The van der Waals surface area contributed by atoms with Gasteiger partial charge in [-0.15, -0.1) is 0 Å². The zero-order valence-corrected chi connectivity index (χ0v) is 17.2. The van der Waals surface area contributed by atoms with Crippen molar-refractivity contribution in [3.8, 4) is 16.9 Å². The summed E-state index contributed by atoms with van der Waals surface area (Å²) >= 11 is 0. The fraction of sp³-hybridized carbons (Fsp3) is 0.435. The lowest BCUT2D eigenvalue weighted by molar-refractivity contribution is -0.153. The quantitative estimate of drug-likeness (QED) is 0.652. The van der Waals surface area contributed by atoms with Crippen LogP contribution < -0.4 is 4.74 Å². The summed E-state index contributed by atoms with van der Waals surface area (Å²) in [4.78, 5) is 15.0. The van der Waals surface area contributed by atoms with Crippen LogP contribution in [0.5, 0.6) is 5.75 Å². The fourth-order valence-corrected chi connectivity index (χ4v) is 4.47. The first-order valence-electron chi connectivity index (χ1n) is 10.1. The minimum absolute atomic E-state index is 0.0759. The van der Waals surface area contributed by atoms with Gasteiger partial charge in [0.1, 0.15) is 11.6 Å². The zero-order valence-electron chi connectivity index (χ0n) is 17.2. The Morgan fingerprint density at radius 3 is 2.42 bits per heavy atom. The second-order valence-corrected chi connectivity index (χ2v) is 8.73. The number of hydrogen-bond donors (Lipinski definition) is 1. The van der Waals surface area contributed by atoms with Gasteiger partial charge >= 0.3 is 6.18 Å². The molecule has 0 radical (unpaired) electrons. The van der Waals surface area contributed by atoms with Crippen molar-refractivity contribution < 1.29 is 32.2 Å². The molecule has 4 nitrogen and oxygen atoms in total. The molecule has 1 heterocycles. The summed E-state index contributed by atoms with van der Waals surface area (Å²) in [6, 6.07) is 8.09. The molecule has 1 amide bonds. The first kappa shape index (κ1) is 21.6. The second kappa shape index (κ2) is 7.51. The molecule has 0 aromatic heterocycles.